The summed E-state index contributed by atoms with van der Waals surface area (Å²) in [4.78, 5) is 35.7. The highest BCUT2D eigenvalue weighted by atomic mass is 19.1. The van der Waals surface area contributed by atoms with E-state index in [1.807, 2.05) is 43.0 Å². The number of carbonyl (C=O) groups is 2. The van der Waals surface area contributed by atoms with Crippen LogP contribution in [0.15, 0.2) is 67.6 Å². The van der Waals surface area contributed by atoms with Crippen LogP contribution in [-0.4, -0.2) is 75.5 Å². The van der Waals surface area contributed by atoms with Gasteiger partial charge >= 0.3 is 0 Å². The number of benzene rings is 1. The number of nitrogens with zero attached hydrogens (tertiary/aromatic N) is 4. The van der Waals surface area contributed by atoms with Crippen molar-refractivity contribution in [1.82, 2.24) is 25.1 Å². The highest BCUT2D eigenvalue weighted by molar-refractivity contribution is 5.93. The molecule has 0 radical (unpaired) electrons. The molecule has 1 aliphatic rings. The molecule has 0 bridgehead atoms. The van der Waals surface area contributed by atoms with Gasteiger partial charge in [0.2, 0.25) is 5.91 Å². The Morgan fingerprint density at radius 2 is 1.86 bits per heavy atom. The second kappa shape index (κ2) is 17.6. The smallest absolute Gasteiger partial charge is 0.270 e. The lowest BCUT2D eigenvalue weighted by Gasteiger charge is -2.39. The molecule has 1 aliphatic heterocycles. The Hall–Kier alpha value is -4.11. The summed E-state index contributed by atoms with van der Waals surface area (Å²) in [6.45, 7) is 17.0. The van der Waals surface area contributed by atoms with Gasteiger partial charge in [0.05, 0.1) is 6.20 Å². The molecule has 3 heterocycles. The Balaban J connectivity index is 0.000000278. The number of pyridine rings is 2. The van der Waals surface area contributed by atoms with Gasteiger partial charge in [0, 0.05) is 51.2 Å². The number of hydrogen-bond donors (Lipinski definition) is 2. The SMILES string of the molecule is C=CC(=O)N1CCN(CCc2ccc(C)c(F)c2)C[C@H]1C.CC.Cc1cc(O)cnc1C(=O)NCCc1cccnc1. The summed E-state index contributed by atoms with van der Waals surface area (Å²) in [6.07, 6.45) is 7.68. The lowest BCUT2D eigenvalue weighted by molar-refractivity contribution is -0.130. The molecule has 0 unspecified atom stereocenters. The van der Waals surface area contributed by atoms with Gasteiger partial charge in [-0.15, -0.1) is 0 Å². The van der Waals surface area contributed by atoms with Gasteiger partial charge in [-0.05, 0) is 80.1 Å². The standard InChI is InChI=1S/C17H23FN2O.C14H15N3O2.C2H6/c1-4-17(21)20-10-9-19(12-14(20)3)8-7-15-6-5-13(2)16(18)11-15;1-10-7-12(18)9-17-13(10)14(19)16-6-4-11-3-2-5-15-8-11;1-2/h4-6,11,14H,1,7-10,12H2,2-3H3;2-3,5,7-9,18H,4,6H2,1H3,(H,16,19);1-2H3/t14-;;/m1../s1. The van der Waals surface area contributed by atoms with Gasteiger partial charge in [-0.2, -0.15) is 0 Å². The number of amides is 2. The Labute approximate surface area is 249 Å². The quantitative estimate of drug-likeness (QED) is 0.370. The molecule has 1 saturated heterocycles. The topological polar surface area (TPSA) is 98.7 Å². The fraction of sp³-hybridized carbons (Fsp3) is 0.394. The van der Waals surface area contributed by atoms with Crippen molar-refractivity contribution in [3.63, 3.8) is 0 Å². The predicted molar refractivity (Wildman–Crippen MR) is 165 cm³/mol. The number of aryl methyl sites for hydroxylation is 2. The third-order valence-corrected chi connectivity index (χ3v) is 6.82. The second-order valence-electron chi connectivity index (χ2n) is 9.95. The van der Waals surface area contributed by atoms with E-state index >= 15 is 0 Å². The van der Waals surface area contributed by atoms with E-state index in [2.05, 4.69) is 33.7 Å². The molecular formula is C33H44FN5O3. The van der Waals surface area contributed by atoms with E-state index in [-0.39, 0.29) is 29.4 Å². The third kappa shape index (κ3) is 10.7. The number of halogens is 1. The zero-order valence-electron chi connectivity index (χ0n) is 25.4. The minimum Gasteiger partial charge on any atom is -0.506 e. The van der Waals surface area contributed by atoms with E-state index in [1.54, 1.807) is 32.3 Å². The van der Waals surface area contributed by atoms with Crippen LogP contribution in [0.2, 0.25) is 0 Å². The molecule has 2 amide bonds. The summed E-state index contributed by atoms with van der Waals surface area (Å²) < 4.78 is 13.5. The zero-order valence-corrected chi connectivity index (χ0v) is 25.4. The van der Waals surface area contributed by atoms with Crippen LogP contribution in [0.5, 0.6) is 5.75 Å². The average Bonchev–Trinajstić information content (AvgIpc) is 2.99. The van der Waals surface area contributed by atoms with Crippen molar-refractivity contribution in [2.75, 3.05) is 32.7 Å². The summed E-state index contributed by atoms with van der Waals surface area (Å²) in [5.41, 5.74) is 3.76. The lowest BCUT2D eigenvalue weighted by Crippen LogP contribution is -2.53. The van der Waals surface area contributed by atoms with Crippen LogP contribution >= 0.6 is 0 Å². The first kappa shape index (κ1) is 34.1. The van der Waals surface area contributed by atoms with Gasteiger partial charge in [0.15, 0.2) is 0 Å². The van der Waals surface area contributed by atoms with Gasteiger partial charge in [-0.25, -0.2) is 9.37 Å². The highest BCUT2D eigenvalue weighted by Gasteiger charge is 2.25. The van der Waals surface area contributed by atoms with E-state index < -0.39 is 0 Å². The summed E-state index contributed by atoms with van der Waals surface area (Å²) in [7, 11) is 0. The predicted octanol–water partition coefficient (Wildman–Crippen LogP) is 4.88. The largest absolute Gasteiger partial charge is 0.506 e. The first-order valence-corrected chi connectivity index (χ1v) is 14.4. The molecule has 1 aromatic carbocycles. The number of aromatic hydroxyl groups is 1. The van der Waals surface area contributed by atoms with Crippen molar-refractivity contribution in [2.45, 2.75) is 53.5 Å². The maximum atomic E-state index is 13.5. The Bertz CT molecular complexity index is 1300. The van der Waals surface area contributed by atoms with Crippen LogP contribution < -0.4 is 5.32 Å². The Kier molecular flexibility index (Phi) is 14.3. The summed E-state index contributed by atoms with van der Waals surface area (Å²) in [6, 6.07) is 11.0. The van der Waals surface area contributed by atoms with Crippen molar-refractivity contribution in [3.05, 3.63) is 101 Å². The average molecular weight is 578 g/mol. The second-order valence-corrected chi connectivity index (χ2v) is 9.95. The molecule has 0 saturated carbocycles. The number of nitrogens with one attached hydrogen (secondary N) is 1. The molecule has 3 aromatic rings. The molecule has 226 valence electrons. The minimum absolute atomic E-state index is 0.00255. The van der Waals surface area contributed by atoms with Gasteiger partial charge in [0.25, 0.3) is 5.91 Å². The number of aromatic nitrogens is 2. The molecule has 2 aromatic heterocycles. The molecule has 1 fully saturated rings. The van der Waals surface area contributed by atoms with Gasteiger partial charge in [-0.1, -0.05) is 38.6 Å². The van der Waals surface area contributed by atoms with Crippen LogP contribution in [0.25, 0.3) is 0 Å². The van der Waals surface area contributed by atoms with E-state index in [1.165, 1.54) is 18.3 Å². The third-order valence-electron chi connectivity index (χ3n) is 6.82. The van der Waals surface area contributed by atoms with Crippen LogP contribution in [0.4, 0.5) is 4.39 Å². The molecule has 42 heavy (non-hydrogen) atoms. The molecule has 0 spiro atoms. The fourth-order valence-electron chi connectivity index (χ4n) is 4.51. The zero-order chi connectivity index (χ0) is 31.1. The molecule has 2 N–H and O–H groups in total. The molecule has 9 heteroatoms. The number of rotatable bonds is 8. The van der Waals surface area contributed by atoms with Crippen molar-refractivity contribution in [2.24, 2.45) is 0 Å². The van der Waals surface area contributed by atoms with Crippen molar-refractivity contribution >= 4 is 11.8 Å². The van der Waals surface area contributed by atoms with E-state index in [9.17, 15) is 19.1 Å². The Morgan fingerprint density at radius 3 is 2.48 bits per heavy atom. The van der Waals surface area contributed by atoms with Crippen LogP contribution in [0.3, 0.4) is 0 Å². The highest BCUT2D eigenvalue weighted by Crippen LogP contribution is 2.14. The first-order chi connectivity index (χ1) is 20.2. The summed E-state index contributed by atoms with van der Waals surface area (Å²) >= 11 is 0. The number of carbonyl (C=O) groups excluding carboxylic acids is 2. The van der Waals surface area contributed by atoms with Gasteiger partial charge < -0.3 is 15.3 Å². The Morgan fingerprint density at radius 1 is 1.10 bits per heavy atom. The molecule has 8 nitrogen and oxygen atoms in total. The van der Waals surface area contributed by atoms with Gasteiger partial charge in [0.1, 0.15) is 17.3 Å². The van der Waals surface area contributed by atoms with E-state index in [0.29, 0.717) is 23.4 Å². The maximum absolute atomic E-state index is 13.5. The molecule has 0 aliphatic carbocycles. The number of piperazine rings is 1. The van der Waals surface area contributed by atoms with Crippen LogP contribution in [0.1, 0.15) is 53.5 Å². The molecule has 4 rings (SSSR count). The number of hydrogen-bond acceptors (Lipinski definition) is 6. The summed E-state index contributed by atoms with van der Waals surface area (Å²) in [5.74, 6) is -0.309. The van der Waals surface area contributed by atoms with E-state index in [0.717, 1.165) is 50.1 Å². The fourth-order valence-corrected chi connectivity index (χ4v) is 4.51. The van der Waals surface area contributed by atoms with Crippen molar-refractivity contribution in [3.8, 4) is 5.75 Å². The van der Waals surface area contributed by atoms with E-state index in [4.69, 9.17) is 0 Å². The monoisotopic (exact) mass is 577 g/mol. The lowest BCUT2D eigenvalue weighted by atomic mass is 10.1. The molecule has 1 atom stereocenters. The molecular weight excluding hydrogens is 533 g/mol. The normalized spacial score (nSPS) is 14.5. The van der Waals surface area contributed by atoms with Crippen molar-refractivity contribution in [1.29, 1.82) is 0 Å². The summed E-state index contributed by atoms with van der Waals surface area (Å²) in [5, 5.41) is 12.0. The maximum Gasteiger partial charge on any atom is 0.270 e. The van der Waals surface area contributed by atoms with Crippen LogP contribution in [0, 0.1) is 19.7 Å². The van der Waals surface area contributed by atoms with Gasteiger partial charge in [-0.3, -0.25) is 19.5 Å². The van der Waals surface area contributed by atoms with Crippen molar-refractivity contribution < 1.29 is 19.1 Å². The minimum atomic E-state index is -0.235. The first-order valence-electron chi connectivity index (χ1n) is 14.4. The van der Waals surface area contributed by atoms with Crippen LogP contribution in [-0.2, 0) is 17.6 Å².